The minimum Gasteiger partial charge on any atom is -0.378 e. The summed E-state index contributed by atoms with van der Waals surface area (Å²) in [5.74, 6) is -1.40. The van der Waals surface area contributed by atoms with Crippen molar-refractivity contribution in [2.75, 3.05) is 5.32 Å². The van der Waals surface area contributed by atoms with Crippen molar-refractivity contribution in [1.29, 1.82) is 0 Å². The van der Waals surface area contributed by atoms with Crippen molar-refractivity contribution in [1.82, 2.24) is 4.98 Å². The number of rotatable bonds is 4. The molecule has 1 heterocycles. The Labute approximate surface area is 110 Å². The molecular formula is C14H14FN3O. The Kier molecular flexibility index (Phi) is 3.75. The van der Waals surface area contributed by atoms with Crippen molar-refractivity contribution in [3.63, 3.8) is 0 Å². The number of halogens is 1. The number of hydrogen-bond acceptors (Lipinski definition) is 3. The van der Waals surface area contributed by atoms with Crippen LogP contribution in [0.2, 0.25) is 0 Å². The van der Waals surface area contributed by atoms with Gasteiger partial charge in [0, 0.05) is 24.1 Å². The number of hydrogen-bond donors (Lipinski definition) is 2. The first kappa shape index (κ1) is 13.0. The highest BCUT2D eigenvalue weighted by atomic mass is 19.1. The maximum absolute atomic E-state index is 13.3. The second-order valence-corrected chi connectivity index (χ2v) is 4.21. The molecule has 0 aliphatic rings. The van der Waals surface area contributed by atoms with Gasteiger partial charge in [-0.05, 0) is 42.8 Å². The Morgan fingerprint density at radius 2 is 2.00 bits per heavy atom. The normalized spacial score (nSPS) is 11.9. The second-order valence-electron chi connectivity index (χ2n) is 4.21. The van der Waals surface area contributed by atoms with E-state index in [0.29, 0.717) is 5.69 Å². The molecule has 2 rings (SSSR count). The van der Waals surface area contributed by atoms with Crippen molar-refractivity contribution in [2.24, 2.45) is 5.73 Å². The molecule has 0 aliphatic carbocycles. The standard InChI is InChI=1S/C14H14FN3O/c1-9(10-4-6-17-7-5-10)18-11-2-3-13(15)12(8-11)14(16)19/h2-9,18H,1H3,(H2,16,19). The quantitative estimate of drug-likeness (QED) is 0.886. The summed E-state index contributed by atoms with van der Waals surface area (Å²) in [7, 11) is 0. The molecule has 1 amide bonds. The number of pyridine rings is 1. The molecule has 0 saturated carbocycles. The fourth-order valence-corrected chi connectivity index (χ4v) is 1.79. The van der Waals surface area contributed by atoms with E-state index < -0.39 is 11.7 Å². The zero-order valence-corrected chi connectivity index (χ0v) is 10.4. The SMILES string of the molecule is CC(Nc1ccc(F)c(C(N)=O)c1)c1ccncc1. The average Bonchev–Trinajstić information content (AvgIpc) is 2.41. The predicted octanol–water partition coefficient (Wildman–Crippen LogP) is 2.49. The molecule has 4 nitrogen and oxygen atoms in total. The lowest BCUT2D eigenvalue weighted by Crippen LogP contribution is -2.14. The van der Waals surface area contributed by atoms with E-state index in [1.54, 1.807) is 18.5 Å². The number of carbonyl (C=O) groups excluding carboxylic acids is 1. The lowest BCUT2D eigenvalue weighted by atomic mass is 10.1. The van der Waals surface area contributed by atoms with Gasteiger partial charge in [0.05, 0.1) is 5.56 Å². The number of benzene rings is 1. The molecule has 5 heteroatoms. The Balaban J connectivity index is 2.20. The molecule has 0 aliphatic heterocycles. The Hall–Kier alpha value is -2.43. The highest BCUT2D eigenvalue weighted by Gasteiger charge is 2.11. The van der Waals surface area contributed by atoms with Crippen molar-refractivity contribution >= 4 is 11.6 Å². The lowest BCUT2D eigenvalue weighted by Gasteiger charge is -2.16. The van der Waals surface area contributed by atoms with E-state index in [2.05, 4.69) is 10.3 Å². The molecule has 0 radical (unpaired) electrons. The van der Waals surface area contributed by atoms with Gasteiger partial charge in [-0.1, -0.05) is 0 Å². The van der Waals surface area contributed by atoms with Crippen LogP contribution in [0.5, 0.6) is 0 Å². The van der Waals surface area contributed by atoms with E-state index in [9.17, 15) is 9.18 Å². The Morgan fingerprint density at radius 3 is 2.63 bits per heavy atom. The predicted molar refractivity (Wildman–Crippen MR) is 71.2 cm³/mol. The van der Waals surface area contributed by atoms with E-state index in [-0.39, 0.29) is 11.6 Å². The monoisotopic (exact) mass is 259 g/mol. The lowest BCUT2D eigenvalue weighted by molar-refractivity contribution is 0.0996. The summed E-state index contributed by atoms with van der Waals surface area (Å²) < 4.78 is 13.3. The van der Waals surface area contributed by atoms with Gasteiger partial charge in [0.1, 0.15) is 5.82 Å². The molecule has 0 bridgehead atoms. The van der Waals surface area contributed by atoms with Crippen molar-refractivity contribution < 1.29 is 9.18 Å². The van der Waals surface area contributed by atoms with Crippen LogP contribution in [0.3, 0.4) is 0 Å². The zero-order chi connectivity index (χ0) is 13.8. The summed E-state index contributed by atoms with van der Waals surface area (Å²) in [5, 5.41) is 3.18. The zero-order valence-electron chi connectivity index (χ0n) is 10.4. The van der Waals surface area contributed by atoms with Crippen LogP contribution in [0.1, 0.15) is 28.9 Å². The molecule has 1 unspecified atom stereocenters. The molecule has 0 fully saturated rings. The van der Waals surface area contributed by atoms with E-state index in [1.807, 2.05) is 19.1 Å². The number of aromatic nitrogens is 1. The fraction of sp³-hybridized carbons (Fsp3) is 0.143. The molecular weight excluding hydrogens is 245 g/mol. The van der Waals surface area contributed by atoms with Gasteiger partial charge < -0.3 is 11.1 Å². The molecule has 1 aromatic heterocycles. The first-order valence-electron chi connectivity index (χ1n) is 5.83. The number of nitrogens with two attached hydrogens (primary N) is 1. The number of nitrogens with zero attached hydrogens (tertiary/aromatic N) is 1. The first-order chi connectivity index (χ1) is 9.08. The summed E-state index contributed by atoms with van der Waals surface area (Å²) in [6.07, 6.45) is 3.40. The van der Waals surface area contributed by atoms with Crippen molar-refractivity contribution in [3.05, 3.63) is 59.7 Å². The van der Waals surface area contributed by atoms with Crippen LogP contribution in [0.4, 0.5) is 10.1 Å². The maximum atomic E-state index is 13.3. The van der Waals surface area contributed by atoms with E-state index in [0.717, 1.165) is 5.56 Å². The Bertz CT molecular complexity index is 586. The van der Waals surface area contributed by atoms with Crippen LogP contribution in [0, 0.1) is 5.82 Å². The van der Waals surface area contributed by atoms with Crippen LogP contribution < -0.4 is 11.1 Å². The van der Waals surface area contributed by atoms with E-state index in [4.69, 9.17) is 5.73 Å². The minimum absolute atomic E-state index is 0.00851. The average molecular weight is 259 g/mol. The van der Waals surface area contributed by atoms with Crippen LogP contribution in [-0.2, 0) is 0 Å². The van der Waals surface area contributed by atoms with Crippen LogP contribution in [0.25, 0.3) is 0 Å². The van der Waals surface area contributed by atoms with Gasteiger partial charge >= 0.3 is 0 Å². The van der Waals surface area contributed by atoms with Gasteiger partial charge in [-0.15, -0.1) is 0 Å². The third kappa shape index (κ3) is 3.07. The highest BCUT2D eigenvalue weighted by Crippen LogP contribution is 2.20. The molecule has 98 valence electrons. The van der Waals surface area contributed by atoms with Crippen molar-refractivity contribution in [3.8, 4) is 0 Å². The van der Waals surface area contributed by atoms with Crippen LogP contribution in [-0.4, -0.2) is 10.9 Å². The first-order valence-corrected chi connectivity index (χ1v) is 5.83. The summed E-state index contributed by atoms with van der Waals surface area (Å²) in [6.45, 7) is 1.96. The number of amides is 1. The van der Waals surface area contributed by atoms with Gasteiger partial charge in [0.25, 0.3) is 5.91 Å². The number of carbonyl (C=O) groups is 1. The molecule has 0 saturated heterocycles. The summed E-state index contributed by atoms with van der Waals surface area (Å²) in [4.78, 5) is 15.0. The van der Waals surface area contributed by atoms with E-state index in [1.165, 1.54) is 12.1 Å². The van der Waals surface area contributed by atoms with Gasteiger partial charge in [-0.3, -0.25) is 9.78 Å². The largest absolute Gasteiger partial charge is 0.378 e. The molecule has 1 atom stereocenters. The van der Waals surface area contributed by atoms with Crippen LogP contribution in [0.15, 0.2) is 42.7 Å². The van der Waals surface area contributed by atoms with Gasteiger partial charge in [-0.25, -0.2) is 4.39 Å². The minimum atomic E-state index is -0.780. The molecule has 2 aromatic rings. The fourth-order valence-electron chi connectivity index (χ4n) is 1.79. The van der Waals surface area contributed by atoms with Crippen LogP contribution >= 0.6 is 0 Å². The molecule has 19 heavy (non-hydrogen) atoms. The second kappa shape index (κ2) is 5.48. The number of anilines is 1. The van der Waals surface area contributed by atoms with Gasteiger partial charge in [0.2, 0.25) is 0 Å². The molecule has 3 N–H and O–H groups in total. The smallest absolute Gasteiger partial charge is 0.251 e. The number of primary amides is 1. The third-order valence-corrected chi connectivity index (χ3v) is 2.82. The Morgan fingerprint density at radius 1 is 1.32 bits per heavy atom. The summed E-state index contributed by atoms with van der Waals surface area (Å²) in [6, 6.07) is 7.98. The van der Waals surface area contributed by atoms with Gasteiger partial charge in [-0.2, -0.15) is 0 Å². The molecule has 0 spiro atoms. The third-order valence-electron chi connectivity index (χ3n) is 2.82. The van der Waals surface area contributed by atoms with Crippen molar-refractivity contribution in [2.45, 2.75) is 13.0 Å². The topological polar surface area (TPSA) is 68.0 Å². The number of nitrogens with one attached hydrogen (secondary N) is 1. The molecule has 1 aromatic carbocycles. The summed E-state index contributed by atoms with van der Waals surface area (Å²) in [5.41, 5.74) is 6.67. The maximum Gasteiger partial charge on any atom is 0.251 e. The summed E-state index contributed by atoms with van der Waals surface area (Å²) >= 11 is 0. The highest BCUT2D eigenvalue weighted by molar-refractivity contribution is 5.94. The van der Waals surface area contributed by atoms with E-state index >= 15 is 0 Å². The van der Waals surface area contributed by atoms with Gasteiger partial charge in [0.15, 0.2) is 0 Å².